The molecule has 1 aliphatic heterocycles. The van der Waals surface area contributed by atoms with E-state index in [9.17, 15) is 13.2 Å². The van der Waals surface area contributed by atoms with Gasteiger partial charge in [0.2, 0.25) is 0 Å². The molecule has 8 heteroatoms. The standard InChI is InChI=1S/C11H12BrClN2O3S/c1-11(2-3-19(17,18)6-11)15-10(16)8-4-7(12)5-14-9(8)13/h4-5H,2-3,6H2,1H3,(H,15,16). The first kappa shape index (κ1) is 14.7. The second kappa shape index (κ2) is 5.03. The second-order valence-electron chi connectivity index (χ2n) is 4.85. The number of amides is 1. The minimum absolute atomic E-state index is 0.0508. The van der Waals surface area contributed by atoms with Crippen molar-refractivity contribution in [1.82, 2.24) is 10.3 Å². The largest absolute Gasteiger partial charge is 0.346 e. The molecule has 1 aromatic heterocycles. The van der Waals surface area contributed by atoms with Gasteiger partial charge in [-0.25, -0.2) is 13.4 Å². The Hall–Kier alpha value is -0.660. The van der Waals surface area contributed by atoms with Gasteiger partial charge < -0.3 is 5.32 Å². The molecule has 0 bridgehead atoms. The maximum absolute atomic E-state index is 12.1. The number of nitrogens with one attached hydrogen (secondary N) is 1. The predicted molar refractivity (Wildman–Crippen MR) is 76.1 cm³/mol. The van der Waals surface area contributed by atoms with E-state index < -0.39 is 21.3 Å². The Balaban J connectivity index is 2.20. The lowest BCUT2D eigenvalue weighted by molar-refractivity contribution is 0.0915. The molecule has 19 heavy (non-hydrogen) atoms. The third kappa shape index (κ3) is 3.46. The minimum atomic E-state index is -3.07. The summed E-state index contributed by atoms with van der Waals surface area (Å²) in [6.45, 7) is 1.72. The lowest BCUT2D eigenvalue weighted by Gasteiger charge is -2.24. The maximum atomic E-state index is 12.1. The molecule has 2 rings (SSSR count). The quantitative estimate of drug-likeness (QED) is 0.809. The summed E-state index contributed by atoms with van der Waals surface area (Å²) in [5.74, 6) is -0.377. The maximum Gasteiger partial charge on any atom is 0.254 e. The third-order valence-corrected chi connectivity index (χ3v) is 5.61. The zero-order valence-corrected chi connectivity index (χ0v) is 13.3. The molecule has 1 amide bonds. The molecule has 1 N–H and O–H groups in total. The fourth-order valence-electron chi connectivity index (χ4n) is 2.03. The van der Waals surface area contributed by atoms with Crippen molar-refractivity contribution < 1.29 is 13.2 Å². The molecular formula is C11H12BrClN2O3S. The number of carbonyl (C=O) groups excluding carboxylic acids is 1. The molecule has 5 nitrogen and oxygen atoms in total. The summed E-state index contributed by atoms with van der Waals surface area (Å²) in [6, 6.07) is 1.55. The van der Waals surface area contributed by atoms with Crippen LogP contribution in [0.25, 0.3) is 0 Å². The molecule has 0 spiro atoms. The number of sulfone groups is 1. The molecule has 1 atom stereocenters. The summed E-state index contributed by atoms with van der Waals surface area (Å²) < 4.78 is 23.6. The Morgan fingerprint density at radius 2 is 2.26 bits per heavy atom. The van der Waals surface area contributed by atoms with Crippen molar-refractivity contribution in [2.24, 2.45) is 0 Å². The van der Waals surface area contributed by atoms with E-state index >= 15 is 0 Å². The van der Waals surface area contributed by atoms with Gasteiger partial charge in [-0.2, -0.15) is 0 Å². The van der Waals surface area contributed by atoms with Gasteiger partial charge in [0.1, 0.15) is 5.15 Å². The van der Waals surface area contributed by atoms with Crippen LogP contribution in [0.1, 0.15) is 23.7 Å². The number of hydrogen-bond acceptors (Lipinski definition) is 4. The molecule has 1 fully saturated rings. The van der Waals surface area contributed by atoms with Gasteiger partial charge in [-0.1, -0.05) is 11.6 Å². The van der Waals surface area contributed by atoms with Crippen LogP contribution in [-0.2, 0) is 9.84 Å². The van der Waals surface area contributed by atoms with Crippen molar-refractivity contribution in [3.05, 3.63) is 27.5 Å². The van der Waals surface area contributed by atoms with Crippen molar-refractivity contribution in [2.45, 2.75) is 18.9 Å². The lowest BCUT2D eigenvalue weighted by Crippen LogP contribution is -2.47. The molecule has 2 heterocycles. The van der Waals surface area contributed by atoms with Crippen LogP contribution in [0.15, 0.2) is 16.7 Å². The zero-order valence-electron chi connectivity index (χ0n) is 10.1. The molecule has 1 aromatic rings. The Labute approximate surface area is 124 Å². The minimum Gasteiger partial charge on any atom is -0.346 e. The average molecular weight is 368 g/mol. The predicted octanol–water partition coefficient (Wildman–Crippen LogP) is 1.80. The molecule has 0 aliphatic carbocycles. The van der Waals surface area contributed by atoms with Crippen LogP contribution in [-0.4, -0.2) is 36.4 Å². The summed E-state index contributed by atoms with van der Waals surface area (Å²) in [4.78, 5) is 16.0. The Morgan fingerprint density at radius 3 is 2.84 bits per heavy atom. The number of rotatable bonds is 2. The summed E-state index contributed by atoms with van der Waals surface area (Å²) in [7, 11) is -3.07. The molecule has 0 saturated carbocycles. The highest BCUT2D eigenvalue weighted by Gasteiger charge is 2.39. The third-order valence-electron chi connectivity index (χ3n) is 2.97. The highest BCUT2D eigenvalue weighted by atomic mass is 79.9. The van der Waals surface area contributed by atoms with Gasteiger partial charge in [0.15, 0.2) is 9.84 Å². The number of carbonyl (C=O) groups is 1. The zero-order chi connectivity index (χ0) is 14.3. The van der Waals surface area contributed by atoms with Crippen molar-refractivity contribution in [1.29, 1.82) is 0 Å². The molecule has 1 saturated heterocycles. The normalized spacial score (nSPS) is 25.2. The highest BCUT2D eigenvalue weighted by molar-refractivity contribution is 9.10. The van der Waals surface area contributed by atoms with Crippen LogP contribution in [0.4, 0.5) is 0 Å². The topological polar surface area (TPSA) is 76.1 Å². The number of halogens is 2. The van der Waals surface area contributed by atoms with E-state index in [0.717, 1.165) is 0 Å². The van der Waals surface area contributed by atoms with Crippen LogP contribution in [0, 0.1) is 0 Å². The molecule has 1 unspecified atom stereocenters. The number of pyridine rings is 1. The van der Waals surface area contributed by atoms with E-state index in [1.165, 1.54) is 6.20 Å². The fraction of sp³-hybridized carbons (Fsp3) is 0.455. The summed E-state index contributed by atoms with van der Waals surface area (Å²) in [5, 5.41) is 2.82. The van der Waals surface area contributed by atoms with Crippen molar-refractivity contribution >= 4 is 43.3 Å². The van der Waals surface area contributed by atoms with Gasteiger partial charge in [0, 0.05) is 10.7 Å². The molecule has 1 aliphatic rings. The first-order valence-corrected chi connectivity index (χ1v) is 8.54. The first-order chi connectivity index (χ1) is 8.71. The van der Waals surface area contributed by atoms with Gasteiger partial charge >= 0.3 is 0 Å². The monoisotopic (exact) mass is 366 g/mol. The Morgan fingerprint density at radius 1 is 1.58 bits per heavy atom. The van der Waals surface area contributed by atoms with Gasteiger partial charge in [-0.15, -0.1) is 0 Å². The molecule has 0 radical (unpaired) electrons. The fourth-order valence-corrected chi connectivity index (χ4v) is 4.65. The second-order valence-corrected chi connectivity index (χ2v) is 8.31. The molecule has 104 valence electrons. The number of aromatic nitrogens is 1. The van der Waals surface area contributed by atoms with Crippen LogP contribution in [0.5, 0.6) is 0 Å². The summed E-state index contributed by atoms with van der Waals surface area (Å²) in [6.07, 6.45) is 1.89. The van der Waals surface area contributed by atoms with E-state index in [4.69, 9.17) is 11.6 Å². The average Bonchev–Trinajstić information content (AvgIpc) is 2.56. The Kier molecular flexibility index (Phi) is 3.90. The van der Waals surface area contributed by atoms with E-state index in [2.05, 4.69) is 26.2 Å². The van der Waals surface area contributed by atoms with Crippen LogP contribution >= 0.6 is 27.5 Å². The first-order valence-electron chi connectivity index (χ1n) is 5.55. The SMILES string of the molecule is CC1(NC(=O)c2cc(Br)cnc2Cl)CCS(=O)(=O)C1. The highest BCUT2D eigenvalue weighted by Crippen LogP contribution is 2.25. The van der Waals surface area contributed by atoms with Gasteiger partial charge in [-0.3, -0.25) is 4.79 Å². The van der Waals surface area contributed by atoms with Crippen LogP contribution in [0.2, 0.25) is 5.15 Å². The smallest absolute Gasteiger partial charge is 0.254 e. The van der Waals surface area contributed by atoms with Gasteiger partial charge in [-0.05, 0) is 35.3 Å². The Bertz CT molecular complexity index is 635. The lowest BCUT2D eigenvalue weighted by atomic mass is 10.0. The number of hydrogen-bond donors (Lipinski definition) is 1. The van der Waals surface area contributed by atoms with E-state index in [-0.39, 0.29) is 22.2 Å². The van der Waals surface area contributed by atoms with E-state index in [0.29, 0.717) is 10.9 Å². The molecular weight excluding hydrogens is 356 g/mol. The number of nitrogens with zero attached hydrogens (tertiary/aromatic N) is 1. The van der Waals surface area contributed by atoms with Crippen molar-refractivity contribution in [3.8, 4) is 0 Å². The van der Waals surface area contributed by atoms with E-state index in [1.807, 2.05) is 0 Å². The van der Waals surface area contributed by atoms with Crippen molar-refractivity contribution in [3.63, 3.8) is 0 Å². The molecule has 0 aromatic carbocycles. The van der Waals surface area contributed by atoms with Crippen LogP contribution < -0.4 is 5.32 Å². The van der Waals surface area contributed by atoms with Crippen LogP contribution in [0.3, 0.4) is 0 Å². The van der Waals surface area contributed by atoms with Gasteiger partial charge in [0.25, 0.3) is 5.91 Å². The summed E-state index contributed by atoms with van der Waals surface area (Å²) >= 11 is 9.08. The van der Waals surface area contributed by atoms with Crippen molar-refractivity contribution in [2.75, 3.05) is 11.5 Å². The summed E-state index contributed by atoms with van der Waals surface area (Å²) in [5.41, 5.74) is -0.525. The van der Waals surface area contributed by atoms with Gasteiger partial charge in [0.05, 0.1) is 22.6 Å². The van der Waals surface area contributed by atoms with E-state index in [1.54, 1.807) is 13.0 Å².